The van der Waals surface area contributed by atoms with Gasteiger partial charge in [0.15, 0.2) is 0 Å². The molecule has 1 aliphatic heterocycles. The molecule has 0 radical (unpaired) electrons. The van der Waals surface area contributed by atoms with Gasteiger partial charge in [0.05, 0.1) is 17.1 Å². The van der Waals surface area contributed by atoms with Crippen LogP contribution in [0.1, 0.15) is 28.9 Å². The Labute approximate surface area is 161 Å². The zero-order valence-corrected chi connectivity index (χ0v) is 15.3. The lowest BCUT2D eigenvalue weighted by Gasteiger charge is -2.14. The Morgan fingerprint density at radius 2 is 1.57 bits per heavy atom. The molecule has 7 heteroatoms. The van der Waals surface area contributed by atoms with Crippen molar-refractivity contribution in [2.75, 3.05) is 10.2 Å². The smallest absolute Gasteiger partial charge is 0.256 e. The van der Waals surface area contributed by atoms with Crippen LogP contribution < -0.4 is 10.2 Å². The van der Waals surface area contributed by atoms with Gasteiger partial charge in [-0.1, -0.05) is 18.2 Å². The van der Waals surface area contributed by atoms with Crippen molar-refractivity contribution in [2.45, 2.75) is 19.8 Å². The van der Waals surface area contributed by atoms with E-state index < -0.39 is 0 Å². The Hall–Kier alpha value is -3.74. The number of imide groups is 1. The first kappa shape index (κ1) is 17.7. The van der Waals surface area contributed by atoms with E-state index in [9.17, 15) is 14.4 Å². The van der Waals surface area contributed by atoms with Crippen molar-refractivity contribution in [2.24, 2.45) is 0 Å². The lowest BCUT2D eigenvalue weighted by atomic mass is 10.2. The molecule has 0 bridgehead atoms. The van der Waals surface area contributed by atoms with Crippen molar-refractivity contribution < 1.29 is 14.4 Å². The molecule has 2 heterocycles. The predicted molar refractivity (Wildman–Crippen MR) is 104 cm³/mol. The third-order valence-corrected chi connectivity index (χ3v) is 4.51. The summed E-state index contributed by atoms with van der Waals surface area (Å²) in [6.45, 7) is 1.86. The Bertz CT molecular complexity index is 1040. The van der Waals surface area contributed by atoms with Crippen molar-refractivity contribution in [3.63, 3.8) is 0 Å². The van der Waals surface area contributed by atoms with Crippen LogP contribution in [-0.2, 0) is 9.59 Å². The monoisotopic (exact) mass is 374 g/mol. The molecular weight excluding hydrogens is 356 g/mol. The van der Waals surface area contributed by atoms with Gasteiger partial charge in [-0.05, 0) is 43.3 Å². The van der Waals surface area contributed by atoms with Crippen LogP contribution in [0.4, 0.5) is 11.5 Å². The number of nitrogens with zero attached hydrogens (tertiary/aromatic N) is 3. The molecule has 0 atom stereocenters. The molecule has 3 aromatic rings. The number of hydrogen-bond acceptors (Lipinski definition) is 4. The molecule has 0 unspecified atom stereocenters. The fraction of sp³-hybridized carbons (Fsp3) is 0.143. The van der Waals surface area contributed by atoms with E-state index in [0.717, 1.165) is 16.3 Å². The first-order valence-electron chi connectivity index (χ1n) is 8.92. The summed E-state index contributed by atoms with van der Waals surface area (Å²) in [7, 11) is 0. The summed E-state index contributed by atoms with van der Waals surface area (Å²) >= 11 is 0. The Kier molecular flexibility index (Phi) is 4.49. The number of benzene rings is 2. The predicted octanol–water partition coefficient (Wildman–Crippen LogP) is 3.09. The molecule has 4 rings (SSSR count). The molecule has 3 amide bonds. The standard InChI is InChI=1S/C21H18N4O3/c1-14-13-18(25(23-14)17-5-3-2-4-6-17)22-21(28)15-7-9-16(10-8-15)24-19(26)11-12-20(24)27/h2-10,13H,11-12H2,1H3,(H,22,28). The van der Waals surface area contributed by atoms with Crippen molar-refractivity contribution in [3.05, 3.63) is 71.9 Å². The van der Waals surface area contributed by atoms with Crippen LogP contribution in [0.15, 0.2) is 60.7 Å². The van der Waals surface area contributed by atoms with Gasteiger partial charge in [0.1, 0.15) is 5.82 Å². The van der Waals surface area contributed by atoms with Gasteiger partial charge in [0, 0.05) is 24.5 Å². The summed E-state index contributed by atoms with van der Waals surface area (Å²) in [6.07, 6.45) is 0.452. The normalized spacial score (nSPS) is 13.8. The van der Waals surface area contributed by atoms with Gasteiger partial charge in [-0.3, -0.25) is 19.3 Å². The van der Waals surface area contributed by atoms with Gasteiger partial charge < -0.3 is 5.32 Å². The third-order valence-electron chi connectivity index (χ3n) is 4.51. The van der Waals surface area contributed by atoms with E-state index in [2.05, 4.69) is 10.4 Å². The lowest BCUT2D eigenvalue weighted by Crippen LogP contribution is -2.28. The second-order valence-corrected chi connectivity index (χ2v) is 6.54. The maximum atomic E-state index is 12.7. The number of aryl methyl sites for hydroxylation is 1. The second kappa shape index (κ2) is 7.11. The zero-order valence-electron chi connectivity index (χ0n) is 15.3. The average Bonchev–Trinajstić information content (AvgIpc) is 3.24. The number of carbonyl (C=O) groups excluding carboxylic acids is 3. The Morgan fingerprint density at radius 1 is 0.929 bits per heavy atom. The maximum Gasteiger partial charge on any atom is 0.256 e. The van der Waals surface area contributed by atoms with Gasteiger partial charge in [0.25, 0.3) is 5.91 Å². The van der Waals surface area contributed by atoms with Crippen molar-refractivity contribution in [3.8, 4) is 5.69 Å². The van der Waals surface area contributed by atoms with Crippen LogP contribution in [0.25, 0.3) is 5.69 Å². The number of hydrogen-bond donors (Lipinski definition) is 1. The quantitative estimate of drug-likeness (QED) is 0.711. The van der Waals surface area contributed by atoms with E-state index in [1.807, 2.05) is 37.3 Å². The van der Waals surface area contributed by atoms with Crippen molar-refractivity contribution in [1.82, 2.24) is 9.78 Å². The van der Waals surface area contributed by atoms with Crippen LogP contribution in [-0.4, -0.2) is 27.5 Å². The fourth-order valence-corrected chi connectivity index (χ4v) is 3.17. The number of nitrogens with one attached hydrogen (secondary N) is 1. The highest BCUT2D eigenvalue weighted by Crippen LogP contribution is 2.23. The highest BCUT2D eigenvalue weighted by atomic mass is 16.2. The first-order valence-corrected chi connectivity index (χ1v) is 8.92. The summed E-state index contributed by atoms with van der Waals surface area (Å²) in [4.78, 5) is 37.5. The minimum Gasteiger partial charge on any atom is -0.306 e. The van der Waals surface area contributed by atoms with Crippen LogP contribution >= 0.6 is 0 Å². The molecule has 140 valence electrons. The Balaban J connectivity index is 1.55. The average molecular weight is 374 g/mol. The van der Waals surface area contributed by atoms with Crippen LogP contribution in [0, 0.1) is 6.92 Å². The molecule has 28 heavy (non-hydrogen) atoms. The number of para-hydroxylation sites is 1. The van der Waals surface area contributed by atoms with Crippen LogP contribution in [0.5, 0.6) is 0 Å². The molecule has 7 nitrogen and oxygen atoms in total. The van der Waals surface area contributed by atoms with Crippen LogP contribution in [0.3, 0.4) is 0 Å². The minimum atomic E-state index is -0.303. The maximum absolute atomic E-state index is 12.7. The minimum absolute atomic E-state index is 0.218. The van der Waals surface area contributed by atoms with Gasteiger partial charge in [0.2, 0.25) is 11.8 Å². The van der Waals surface area contributed by atoms with Gasteiger partial charge in [-0.25, -0.2) is 4.68 Å². The SMILES string of the molecule is Cc1cc(NC(=O)c2ccc(N3C(=O)CCC3=O)cc2)n(-c2ccccc2)n1. The second-order valence-electron chi connectivity index (χ2n) is 6.54. The molecule has 2 aromatic carbocycles. The van der Waals surface area contributed by atoms with Gasteiger partial charge in [-0.15, -0.1) is 0 Å². The lowest BCUT2D eigenvalue weighted by molar-refractivity contribution is -0.121. The first-order chi connectivity index (χ1) is 13.5. The van der Waals surface area contributed by atoms with E-state index in [1.165, 1.54) is 0 Å². The third kappa shape index (κ3) is 3.29. The molecule has 0 aliphatic carbocycles. The van der Waals surface area contributed by atoms with E-state index >= 15 is 0 Å². The number of rotatable bonds is 4. The van der Waals surface area contributed by atoms with Crippen LogP contribution in [0.2, 0.25) is 0 Å². The molecule has 0 spiro atoms. The van der Waals surface area contributed by atoms with E-state index in [0.29, 0.717) is 17.1 Å². The molecule has 1 fully saturated rings. The Morgan fingerprint density at radius 3 is 2.21 bits per heavy atom. The molecule has 1 aromatic heterocycles. The largest absolute Gasteiger partial charge is 0.306 e. The summed E-state index contributed by atoms with van der Waals surface area (Å²) in [5, 5.41) is 7.30. The van der Waals surface area contributed by atoms with Crippen molar-refractivity contribution >= 4 is 29.2 Å². The number of aromatic nitrogens is 2. The van der Waals surface area contributed by atoms with Gasteiger partial charge >= 0.3 is 0 Å². The highest BCUT2D eigenvalue weighted by molar-refractivity contribution is 6.20. The molecule has 0 saturated carbocycles. The molecule has 1 N–H and O–H groups in total. The van der Waals surface area contributed by atoms with E-state index in [1.54, 1.807) is 35.0 Å². The summed E-state index contributed by atoms with van der Waals surface area (Å²) in [5.74, 6) is -0.181. The zero-order chi connectivity index (χ0) is 19.7. The van der Waals surface area contributed by atoms with E-state index in [4.69, 9.17) is 0 Å². The summed E-state index contributed by atoms with van der Waals surface area (Å²) in [5.41, 5.74) is 2.52. The highest BCUT2D eigenvalue weighted by Gasteiger charge is 2.30. The fourth-order valence-electron chi connectivity index (χ4n) is 3.17. The van der Waals surface area contributed by atoms with Crippen molar-refractivity contribution in [1.29, 1.82) is 0 Å². The number of carbonyl (C=O) groups is 3. The topological polar surface area (TPSA) is 84.3 Å². The van der Waals surface area contributed by atoms with Gasteiger partial charge in [-0.2, -0.15) is 5.10 Å². The number of amides is 3. The molecular formula is C21H18N4O3. The summed E-state index contributed by atoms with van der Waals surface area (Å²) in [6, 6.07) is 17.7. The van der Waals surface area contributed by atoms with E-state index in [-0.39, 0.29) is 30.6 Å². The summed E-state index contributed by atoms with van der Waals surface area (Å²) < 4.78 is 1.67. The molecule has 1 saturated heterocycles. The molecule has 1 aliphatic rings. The number of anilines is 2.